The van der Waals surface area contributed by atoms with E-state index in [0.29, 0.717) is 5.33 Å². The van der Waals surface area contributed by atoms with E-state index in [9.17, 15) is 9.59 Å². The summed E-state index contributed by atoms with van der Waals surface area (Å²) in [6.45, 7) is 1.29. The Morgan fingerprint density at radius 3 is 2.45 bits per heavy atom. The largest absolute Gasteiger partial charge is 0.461 e. The summed E-state index contributed by atoms with van der Waals surface area (Å²) < 4.78 is 4.72. The standard InChI is InChI=1S/C6H8BrClO3/c1-4(9)11-5(3-7)2-6(8)10/h5H,2-3H2,1H3/t5-/m1/s1. The van der Waals surface area contributed by atoms with Gasteiger partial charge in [0.1, 0.15) is 6.10 Å². The normalized spacial score (nSPS) is 12.3. The second kappa shape index (κ2) is 5.55. The molecule has 0 bridgehead atoms. The Morgan fingerprint density at radius 1 is 1.64 bits per heavy atom. The maximum Gasteiger partial charge on any atom is 0.302 e. The van der Waals surface area contributed by atoms with Crippen LogP contribution in [0.1, 0.15) is 13.3 Å². The number of hydrogen-bond donors (Lipinski definition) is 0. The van der Waals surface area contributed by atoms with Gasteiger partial charge in [0.2, 0.25) is 5.24 Å². The van der Waals surface area contributed by atoms with Gasteiger partial charge in [-0.3, -0.25) is 9.59 Å². The third-order valence-corrected chi connectivity index (χ3v) is 1.77. The third kappa shape index (κ3) is 6.31. The number of carbonyl (C=O) groups excluding carboxylic acids is 2. The highest BCUT2D eigenvalue weighted by molar-refractivity contribution is 9.09. The SMILES string of the molecule is CC(=O)O[C@@H](CBr)CC(=O)Cl. The van der Waals surface area contributed by atoms with Crippen LogP contribution in [0.3, 0.4) is 0 Å². The first-order chi connectivity index (χ1) is 5.06. The number of ether oxygens (including phenoxy) is 1. The highest BCUT2D eigenvalue weighted by atomic mass is 79.9. The molecule has 0 spiro atoms. The molecule has 0 saturated carbocycles. The zero-order valence-corrected chi connectivity index (χ0v) is 8.31. The number of alkyl halides is 1. The zero-order chi connectivity index (χ0) is 8.85. The van der Waals surface area contributed by atoms with Crippen LogP contribution < -0.4 is 0 Å². The molecule has 0 N–H and O–H groups in total. The molecule has 0 aromatic carbocycles. The van der Waals surface area contributed by atoms with Crippen molar-refractivity contribution >= 4 is 38.7 Å². The summed E-state index contributed by atoms with van der Waals surface area (Å²) in [5.41, 5.74) is 0. The minimum absolute atomic E-state index is 0.0480. The van der Waals surface area contributed by atoms with Crippen molar-refractivity contribution in [2.75, 3.05) is 5.33 Å². The molecule has 0 aliphatic heterocycles. The quantitative estimate of drug-likeness (QED) is 0.427. The molecule has 0 heterocycles. The van der Waals surface area contributed by atoms with Gasteiger partial charge in [-0.25, -0.2) is 0 Å². The fourth-order valence-electron chi connectivity index (χ4n) is 0.541. The summed E-state index contributed by atoms with van der Waals surface area (Å²) in [5.74, 6) is -0.410. The molecule has 0 aromatic heterocycles. The summed E-state index contributed by atoms with van der Waals surface area (Å²) in [6.07, 6.45) is -0.399. The van der Waals surface area contributed by atoms with Gasteiger partial charge in [0.15, 0.2) is 0 Å². The second-order valence-corrected chi connectivity index (χ2v) is 3.01. The molecule has 0 saturated heterocycles. The minimum Gasteiger partial charge on any atom is -0.461 e. The Morgan fingerprint density at radius 2 is 2.18 bits per heavy atom. The number of halogens is 2. The first-order valence-electron chi connectivity index (χ1n) is 2.97. The van der Waals surface area contributed by atoms with Crippen molar-refractivity contribution < 1.29 is 14.3 Å². The molecule has 0 fully saturated rings. The van der Waals surface area contributed by atoms with Crippen molar-refractivity contribution in [2.45, 2.75) is 19.4 Å². The summed E-state index contributed by atoms with van der Waals surface area (Å²) in [5, 5.41) is -0.0823. The van der Waals surface area contributed by atoms with Crippen LogP contribution in [-0.2, 0) is 14.3 Å². The molecule has 64 valence electrons. The topological polar surface area (TPSA) is 43.4 Å². The van der Waals surface area contributed by atoms with Crippen molar-refractivity contribution in [1.29, 1.82) is 0 Å². The highest BCUT2D eigenvalue weighted by Gasteiger charge is 2.13. The van der Waals surface area contributed by atoms with Gasteiger partial charge in [0.05, 0.1) is 6.42 Å². The molecule has 0 amide bonds. The van der Waals surface area contributed by atoms with Crippen molar-refractivity contribution in [2.24, 2.45) is 0 Å². The highest BCUT2D eigenvalue weighted by Crippen LogP contribution is 2.05. The van der Waals surface area contributed by atoms with Crippen molar-refractivity contribution in [3.05, 3.63) is 0 Å². The van der Waals surface area contributed by atoms with Crippen LogP contribution in [0.4, 0.5) is 0 Å². The summed E-state index contributed by atoms with van der Waals surface area (Å²) >= 11 is 8.17. The fraction of sp³-hybridized carbons (Fsp3) is 0.667. The molecule has 0 radical (unpaired) electrons. The molecule has 3 nitrogen and oxygen atoms in total. The molecule has 0 aliphatic carbocycles. The Labute approximate surface area is 78.2 Å². The Hall–Kier alpha value is -0.0900. The number of rotatable bonds is 4. The van der Waals surface area contributed by atoms with Gasteiger partial charge < -0.3 is 4.74 Å². The van der Waals surface area contributed by atoms with E-state index in [0.717, 1.165) is 0 Å². The van der Waals surface area contributed by atoms with E-state index in [1.54, 1.807) is 0 Å². The van der Waals surface area contributed by atoms with Crippen molar-refractivity contribution in [3.8, 4) is 0 Å². The van der Waals surface area contributed by atoms with E-state index in [1.807, 2.05) is 0 Å². The van der Waals surface area contributed by atoms with Gasteiger partial charge in [-0.1, -0.05) is 15.9 Å². The van der Waals surface area contributed by atoms with Gasteiger partial charge in [-0.05, 0) is 11.6 Å². The predicted octanol–water partition coefficient (Wildman–Crippen LogP) is 1.47. The maximum atomic E-state index is 10.4. The van der Waals surface area contributed by atoms with Crippen LogP contribution in [0, 0.1) is 0 Å². The molecule has 0 aliphatic rings. The van der Waals surface area contributed by atoms with Crippen LogP contribution in [-0.4, -0.2) is 22.6 Å². The minimum atomic E-state index is -0.504. The van der Waals surface area contributed by atoms with Gasteiger partial charge in [0, 0.05) is 12.3 Å². The fourth-order valence-corrected chi connectivity index (χ4v) is 1.07. The molecule has 0 aromatic rings. The lowest BCUT2D eigenvalue weighted by Gasteiger charge is -2.10. The summed E-state index contributed by atoms with van der Waals surface area (Å²) in [6, 6.07) is 0. The van der Waals surface area contributed by atoms with Gasteiger partial charge >= 0.3 is 5.97 Å². The molecule has 11 heavy (non-hydrogen) atoms. The van der Waals surface area contributed by atoms with E-state index < -0.39 is 17.3 Å². The molecular formula is C6H8BrClO3. The Bertz CT molecular complexity index is 144. The summed E-state index contributed by atoms with van der Waals surface area (Å²) in [7, 11) is 0. The smallest absolute Gasteiger partial charge is 0.302 e. The molecule has 0 rings (SSSR count). The van der Waals surface area contributed by atoms with Gasteiger partial charge in [-0.15, -0.1) is 0 Å². The second-order valence-electron chi connectivity index (χ2n) is 1.94. The number of hydrogen-bond acceptors (Lipinski definition) is 3. The maximum absolute atomic E-state index is 10.4. The van der Waals surface area contributed by atoms with Gasteiger partial charge in [-0.2, -0.15) is 0 Å². The predicted molar refractivity (Wildman–Crippen MR) is 44.8 cm³/mol. The van der Waals surface area contributed by atoms with Crippen LogP contribution in [0.2, 0.25) is 0 Å². The molecule has 5 heteroatoms. The average molecular weight is 243 g/mol. The van der Waals surface area contributed by atoms with E-state index in [-0.39, 0.29) is 6.42 Å². The lowest BCUT2D eigenvalue weighted by molar-refractivity contribution is -0.145. The Kier molecular flexibility index (Phi) is 5.50. The Balaban J connectivity index is 3.76. The zero-order valence-electron chi connectivity index (χ0n) is 5.97. The first kappa shape index (κ1) is 10.9. The molecular weight excluding hydrogens is 235 g/mol. The van der Waals surface area contributed by atoms with E-state index in [2.05, 4.69) is 15.9 Å². The van der Waals surface area contributed by atoms with Crippen LogP contribution in [0.5, 0.6) is 0 Å². The van der Waals surface area contributed by atoms with E-state index >= 15 is 0 Å². The lowest BCUT2D eigenvalue weighted by Crippen LogP contribution is -2.19. The lowest BCUT2D eigenvalue weighted by atomic mass is 10.3. The van der Waals surface area contributed by atoms with E-state index in [4.69, 9.17) is 16.3 Å². The van der Waals surface area contributed by atoms with Crippen LogP contribution >= 0.6 is 27.5 Å². The van der Waals surface area contributed by atoms with Crippen LogP contribution in [0.15, 0.2) is 0 Å². The molecule has 0 unspecified atom stereocenters. The third-order valence-electron chi connectivity index (χ3n) is 0.893. The molecule has 1 atom stereocenters. The van der Waals surface area contributed by atoms with Crippen molar-refractivity contribution in [3.63, 3.8) is 0 Å². The summed E-state index contributed by atoms with van der Waals surface area (Å²) in [4.78, 5) is 20.7. The monoisotopic (exact) mass is 242 g/mol. The number of esters is 1. The first-order valence-corrected chi connectivity index (χ1v) is 4.47. The van der Waals surface area contributed by atoms with E-state index in [1.165, 1.54) is 6.92 Å². The number of carbonyl (C=O) groups is 2. The van der Waals surface area contributed by atoms with Crippen molar-refractivity contribution in [1.82, 2.24) is 0 Å². The van der Waals surface area contributed by atoms with Gasteiger partial charge in [0.25, 0.3) is 0 Å². The average Bonchev–Trinajstić information content (AvgIpc) is 1.84. The van der Waals surface area contributed by atoms with Crippen LogP contribution in [0.25, 0.3) is 0 Å².